The van der Waals surface area contributed by atoms with E-state index in [2.05, 4.69) is 17.1 Å². The molecule has 0 aromatic rings. The van der Waals surface area contributed by atoms with Gasteiger partial charge in [0.15, 0.2) is 0 Å². The van der Waals surface area contributed by atoms with Crippen molar-refractivity contribution in [2.24, 2.45) is 17.0 Å². The molecular formula is C9H16N2O2S. The number of nitrogens with one attached hydrogen (secondary N) is 1. The Balaban J connectivity index is 4.79. The summed E-state index contributed by atoms with van der Waals surface area (Å²) in [5.74, 6) is -0.497. The second kappa shape index (κ2) is 6.48. The lowest BCUT2D eigenvalue weighted by molar-refractivity contribution is -0.123. The fourth-order valence-corrected chi connectivity index (χ4v) is 1.84. The fraction of sp³-hybridized carbons (Fsp3) is 0.556. The van der Waals surface area contributed by atoms with Crippen LogP contribution in [0.4, 0.5) is 0 Å². The van der Waals surface area contributed by atoms with Gasteiger partial charge in [-0.2, -0.15) is 0 Å². The monoisotopic (exact) mass is 216 g/mol. The molecule has 0 bridgehead atoms. The summed E-state index contributed by atoms with van der Waals surface area (Å²) in [4.78, 5) is 11.5. The minimum Gasteiger partial charge on any atom is -0.410 e. The molecule has 0 radical (unpaired) electrons. The van der Waals surface area contributed by atoms with E-state index in [1.165, 1.54) is 5.41 Å². The summed E-state index contributed by atoms with van der Waals surface area (Å²) < 4.78 is 0. The Morgan fingerprint density at radius 2 is 2.21 bits per heavy atom. The van der Waals surface area contributed by atoms with Crippen LogP contribution in [-0.4, -0.2) is 23.2 Å². The van der Waals surface area contributed by atoms with Gasteiger partial charge in [-0.25, -0.2) is 0 Å². The van der Waals surface area contributed by atoms with Crippen molar-refractivity contribution < 1.29 is 10.0 Å². The number of nitrogens with zero attached hydrogens (tertiary/aromatic N) is 1. The number of thioether (sulfide) groups is 1. The Bertz CT molecular complexity index is 239. The second-order valence-electron chi connectivity index (χ2n) is 3.06. The van der Waals surface area contributed by atoms with E-state index < -0.39 is 5.92 Å². The van der Waals surface area contributed by atoms with Gasteiger partial charge in [0.2, 0.25) is 5.91 Å². The van der Waals surface area contributed by atoms with E-state index in [0.717, 1.165) is 11.8 Å². The summed E-state index contributed by atoms with van der Waals surface area (Å²) in [7, 11) is 1.56. The van der Waals surface area contributed by atoms with Gasteiger partial charge >= 0.3 is 0 Å². The molecule has 14 heavy (non-hydrogen) atoms. The van der Waals surface area contributed by atoms with Crippen molar-refractivity contribution in [1.29, 1.82) is 0 Å². The maximum atomic E-state index is 11.5. The minimum absolute atomic E-state index is 0.0771. The summed E-state index contributed by atoms with van der Waals surface area (Å²) in [5.41, 5.74) is 0. The van der Waals surface area contributed by atoms with Crippen LogP contribution in [0.25, 0.3) is 0 Å². The molecule has 0 aromatic heterocycles. The lowest BCUT2D eigenvalue weighted by atomic mass is 9.96. The molecule has 0 rings (SSSR count). The van der Waals surface area contributed by atoms with Gasteiger partial charge in [0, 0.05) is 7.05 Å². The Hall–Kier alpha value is -0.970. The van der Waals surface area contributed by atoms with E-state index in [0.29, 0.717) is 5.04 Å². The fourth-order valence-electron chi connectivity index (χ4n) is 1.10. The number of amides is 1. The van der Waals surface area contributed by atoms with Crippen LogP contribution < -0.4 is 5.32 Å². The van der Waals surface area contributed by atoms with Gasteiger partial charge in [0.25, 0.3) is 0 Å². The van der Waals surface area contributed by atoms with Crippen molar-refractivity contribution >= 4 is 22.7 Å². The van der Waals surface area contributed by atoms with Crippen molar-refractivity contribution in [3.63, 3.8) is 0 Å². The number of rotatable bonds is 4. The van der Waals surface area contributed by atoms with E-state index in [-0.39, 0.29) is 11.8 Å². The average molecular weight is 216 g/mol. The molecule has 1 unspecified atom stereocenters. The van der Waals surface area contributed by atoms with Crippen molar-refractivity contribution in [1.82, 2.24) is 5.32 Å². The third-order valence-electron chi connectivity index (χ3n) is 1.76. The molecule has 0 spiro atoms. The zero-order valence-electron chi connectivity index (χ0n) is 8.65. The quantitative estimate of drug-likeness (QED) is 0.325. The first kappa shape index (κ1) is 13.0. The zero-order chi connectivity index (χ0) is 11.1. The first-order chi connectivity index (χ1) is 6.58. The molecule has 0 heterocycles. The van der Waals surface area contributed by atoms with E-state index in [1.807, 2.05) is 13.8 Å². The Morgan fingerprint density at radius 1 is 1.64 bits per heavy atom. The number of carbonyl (C=O) groups is 1. The number of hydrogen-bond donors (Lipinski definition) is 2. The first-order valence-electron chi connectivity index (χ1n) is 4.29. The molecule has 0 aliphatic heterocycles. The Morgan fingerprint density at radius 3 is 2.50 bits per heavy atom. The third-order valence-corrected chi connectivity index (χ3v) is 2.51. The molecule has 1 amide bonds. The van der Waals surface area contributed by atoms with Gasteiger partial charge in [-0.1, -0.05) is 37.3 Å². The molecule has 0 saturated carbocycles. The molecule has 0 aliphatic carbocycles. The molecule has 0 aromatic carbocycles. The molecular weight excluding hydrogens is 200 g/mol. The average Bonchev–Trinajstić information content (AvgIpc) is 2.16. The maximum Gasteiger partial charge on any atom is 0.229 e. The molecule has 1 atom stereocenters. The summed E-state index contributed by atoms with van der Waals surface area (Å²) in [6, 6.07) is 0. The highest BCUT2D eigenvalue weighted by Gasteiger charge is 2.27. The smallest absolute Gasteiger partial charge is 0.229 e. The van der Waals surface area contributed by atoms with Gasteiger partial charge < -0.3 is 10.5 Å². The predicted octanol–water partition coefficient (Wildman–Crippen LogP) is 1.67. The van der Waals surface area contributed by atoms with Gasteiger partial charge in [-0.05, 0) is 11.3 Å². The zero-order valence-corrected chi connectivity index (χ0v) is 9.47. The van der Waals surface area contributed by atoms with Crippen molar-refractivity contribution in [3.05, 3.63) is 12.0 Å². The molecule has 2 N–H and O–H groups in total. The van der Waals surface area contributed by atoms with Crippen molar-refractivity contribution in [2.45, 2.75) is 13.8 Å². The van der Waals surface area contributed by atoms with Crippen LogP contribution >= 0.6 is 11.8 Å². The van der Waals surface area contributed by atoms with Crippen LogP contribution in [0.5, 0.6) is 0 Å². The van der Waals surface area contributed by atoms with Gasteiger partial charge in [0.1, 0.15) is 5.04 Å². The van der Waals surface area contributed by atoms with E-state index in [4.69, 9.17) is 5.21 Å². The Kier molecular flexibility index (Phi) is 6.03. The highest BCUT2D eigenvalue weighted by molar-refractivity contribution is 8.16. The molecule has 0 aliphatic rings. The second-order valence-corrected chi connectivity index (χ2v) is 4.05. The van der Waals surface area contributed by atoms with E-state index in [1.54, 1.807) is 7.05 Å². The third kappa shape index (κ3) is 3.41. The SMILES string of the molecule is C=CSC(=NO)C(C(=O)NC)C(C)C. The van der Waals surface area contributed by atoms with Crippen molar-refractivity contribution in [2.75, 3.05) is 7.05 Å². The minimum atomic E-state index is -0.423. The van der Waals surface area contributed by atoms with Crippen molar-refractivity contribution in [3.8, 4) is 0 Å². The van der Waals surface area contributed by atoms with Crippen LogP contribution in [-0.2, 0) is 4.79 Å². The van der Waals surface area contributed by atoms with Crippen LogP contribution in [0.3, 0.4) is 0 Å². The standard InChI is InChI=1S/C9H16N2O2S/c1-5-14-9(11-13)7(6(2)3)8(12)10-4/h5-7,13H,1H2,2-4H3,(H,10,12). The summed E-state index contributed by atoms with van der Waals surface area (Å²) in [6.07, 6.45) is 0. The van der Waals surface area contributed by atoms with Gasteiger partial charge in [0.05, 0.1) is 5.92 Å². The lowest BCUT2D eigenvalue weighted by Crippen LogP contribution is -2.35. The van der Waals surface area contributed by atoms with E-state index >= 15 is 0 Å². The van der Waals surface area contributed by atoms with Crippen LogP contribution in [0.15, 0.2) is 17.1 Å². The van der Waals surface area contributed by atoms with Crippen LogP contribution in [0, 0.1) is 11.8 Å². The maximum absolute atomic E-state index is 11.5. The normalized spacial score (nSPS) is 13.9. The number of hydrogen-bond acceptors (Lipinski definition) is 4. The molecule has 5 heteroatoms. The molecule has 80 valence electrons. The lowest BCUT2D eigenvalue weighted by Gasteiger charge is -2.18. The van der Waals surface area contributed by atoms with Crippen LogP contribution in [0.2, 0.25) is 0 Å². The number of oxime groups is 1. The summed E-state index contributed by atoms with van der Waals surface area (Å²) in [6.45, 7) is 7.31. The largest absolute Gasteiger partial charge is 0.410 e. The topological polar surface area (TPSA) is 61.7 Å². The van der Waals surface area contributed by atoms with E-state index in [9.17, 15) is 4.79 Å². The molecule has 0 saturated heterocycles. The van der Waals surface area contributed by atoms with Crippen LogP contribution in [0.1, 0.15) is 13.8 Å². The number of carbonyl (C=O) groups excluding carboxylic acids is 1. The van der Waals surface area contributed by atoms with Gasteiger partial charge in [-0.15, -0.1) is 0 Å². The van der Waals surface area contributed by atoms with Gasteiger partial charge in [-0.3, -0.25) is 4.79 Å². The highest BCUT2D eigenvalue weighted by atomic mass is 32.2. The molecule has 0 fully saturated rings. The predicted molar refractivity (Wildman–Crippen MR) is 59.4 cm³/mol. The first-order valence-corrected chi connectivity index (χ1v) is 5.17. The summed E-state index contributed by atoms with van der Waals surface area (Å²) in [5, 5.41) is 16.3. The highest BCUT2D eigenvalue weighted by Crippen LogP contribution is 2.21. The summed E-state index contributed by atoms with van der Waals surface area (Å²) >= 11 is 1.16. The Labute approximate surface area is 88.4 Å². The molecule has 4 nitrogen and oxygen atoms in total.